The highest BCUT2D eigenvalue weighted by atomic mass is 35.5. The van der Waals surface area contributed by atoms with Crippen molar-refractivity contribution in [2.75, 3.05) is 6.61 Å². The number of nitrogens with one attached hydrogen (secondary N) is 1. The number of amides is 2. The van der Waals surface area contributed by atoms with Gasteiger partial charge in [-0.3, -0.25) is 9.59 Å². The summed E-state index contributed by atoms with van der Waals surface area (Å²) >= 11 is 18.9. The maximum atomic E-state index is 13.7. The van der Waals surface area contributed by atoms with Crippen LogP contribution in [0.4, 0.5) is 0 Å². The van der Waals surface area contributed by atoms with Gasteiger partial charge in [0.15, 0.2) is 6.61 Å². The predicted octanol–water partition coefficient (Wildman–Crippen LogP) is 6.72. The van der Waals surface area contributed by atoms with Gasteiger partial charge in [0.1, 0.15) is 11.8 Å². The van der Waals surface area contributed by atoms with Gasteiger partial charge in [-0.25, -0.2) is 0 Å². The van der Waals surface area contributed by atoms with Crippen molar-refractivity contribution in [2.45, 2.75) is 50.7 Å². The molecule has 1 aliphatic rings. The molecule has 0 bridgehead atoms. The van der Waals surface area contributed by atoms with Crippen molar-refractivity contribution in [3.05, 3.63) is 99.0 Å². The highest BCUT2D eigenvalue weighted by molar-refractivity contribution is 6.36. The fourth-order valence-corrected chi connectivity index (χ4v) is 5.18. The average Bonchev–Trinajstić information content (AvgIpc) is 3.40. The maximum absolute atomic E-state index is 13.7. The summed E-state index contributed by atoms with van der Waals surface area (Å²) in [5, 5.41) is 4.60. The Hall–Kier alpha value is -2.73. The molecule has 1 N–H and O–H groups in total. The largest absolute Gasteiger partial charge is 0.484 e. The van der Waals surface area contributed by atoms with Gasteiger partial charge in [-0.2, -0.15) is 0 Å². The van der Waals surface area contributed by atoms with Gasteiger partial charge in [0.25, 0.3) is 5.91 Å². The van der Waals surface area contributed by atoms with Gasteiger partial charge >= 0.3 is 0 Å². The van der Waals surface area contributed by atoms with Crippen LogP contribution in [0.5, 0.6) is 5.75 Å². The molecular formula is C29H29Cl3N2O3. The molecule has 3 aromatic rings. The highest BCUT2D eigenvalue weighted by Crippen LogP contribution is 2.28. The Labute approximate surface area is 232 Å². The molecule has 0 heterocycles. The lowest BCUT2D eigenvalue weighted by molar-refractivity contribution is -0.143. The fourth-order valence-electron chi connectivity index (χ4n) is 4.53. The van der Waals surface area contributed by atoms with E-state index in [1.54, 1.807) is 42.5 Å². The second-order valence-corrected chi connectivity index (χ2v) is 10.4. The summed E-state index contributed by atoms with van der Waals surface area (Å²) < 4.78 is 5.77. The molecule has 37 heavy (non-hydrogen) atoms. The summed E-state index contributed by atoms with van der Waals surface area (Å²) in [6.07, 6.45) is 4.39. The van der Waals surface area contributed by atoms with E-state index in [0.29, 0.717) is 32.8 Å². The Morgan fingerprint density at radius 1 is 0.892 bits per heavy atom. The molecule has 3 aromatic carbocycles. The fraction of sp³-hybridized carbons (Fsp3) is 0.310. The highest BCUT2D eigenvalue weighted by Gasteiger charge is 2.33. The van der Waals surface area contributed by atoms with Crippen LogP contribution in [0.2, 0.25) is 15.1 Å². The molecule has 1 fully saturated rings. The Balaban J connectivity index is 1.64. The molecule has 0 aliphatic heterocycles. The lowest BCUT2D eigenvalue weighted by Crippen LogP contribution is -2.53. The topological polar surface area (TPSA) is 58.6 Å². The Kier molecular flexibility index (Phi) is 9.73. The molecule has 8 heteroatoms. The predicted molar refractivity (Wildman–Crippen MR) is 148 cm³/mol. The van der Waals surface area contributed by atoms with Gasteiger partial charge in [-0.15, -0.1) is 0 Å². The lowest BCUT2D eigenvalue weighted by Gasteiger charge is -2.32. The normalized spacial score (nSPS) is 14.2. The minimum absolute atomic E-state index is 0.0664. The molecule has 1 atom stereocenters. The average molecular weight is 560 g/mol. The molecule has 0 radical (unpaired) electrons. The van der Waals surface area contributed by atoms with E-state index in [0.717, 1.165) is 31.2 Å². The van der Waals surface area contributed by atoms with Crippen LogP contribution >= 0.6 is 34.8 Å². The summed E-state index contributed by atoms with van der Waals surface area (Å²) in [6.45, 7) is -0.192. The maximum Gasteiger partial charge on any atom is 0.261 e. The van der Waals surface area contributed by atoms with Gasteiger partial charge in [0, 0.05) is 39.6 Å². The van der Waals surface area contributed by atoms with E-state index < -0.39 is 6.04 Å². The molecule has 0 unspecified atom stereocenters. The van der Waals surface area contributed by atoms with E-state index in [9.17, 15) is 9.59 Å². The van der Waals surface area contributed by atoms with Crippen molar-refractivity contribution >= 4 is 46.6 Å². The van der Waals surface area contributed by atoms with Gasteiger partial charge in [0.2, 0.25) is 5.91 Å². The zero-order valence-corrected chi connectivity index (χ0v) is 22.6. The molecule has 0 aromatic heterocycles. The number of ether oxygens (including phenoxy) is 1. The number of hydrogen-bond acceptors (Lipinski definition) is 3. The zero-order chi connectivity index (χ0) is 26.2. The van der Waals surface area contributed by atoms with E-state index in [4.69, 9.17) is 39.5 Å². The Morgan fingerprint density at radius 2 is 1.54 bits per heavy atom. The number of halogens is 3. The first kappa shape index (κ1) is 27.3. The van der Waals surface area contributed by atoms with E-state index in [2.05, 4.69) is 5.32 Å². The standard InChI is InChI=1S/C29H29Cl3N2O3/c30-21-13-15-23(16-14-21)37-19-28(35)34(18-24-25(31)11-6-12-26(24)32)27(17-20-7-2-1-3-8-20)29(36)33-22-9-4-5-10-22/h1-3,6-8,11-16,22,27H,4-5,9-10,17-19H2,(H,33,36)/t27-/m1/s1. The molecule has 5 nitrogen and oxygen atoms in total. The van der Waals surface area contributed by atoms with Crippen molar-refractivity contribution < 1.29 is 14.3 Å². The summed E-state index contributed by atoms with van der Waals surface area (Å²) in [5.41, 5.74) is 1.52. The number of carbonyl (C=O) groups excluding carboxylic acids is 2. The van der Waals surface area contributed by atoms with Crippen LogP contribution < -0.4 is 10.1 Å². The van der Waals surface area contributed by atoms with Gasteiger partial charge in [0.05, 0.1) is 0 Å². The zero-order valence-electron chi connectivity index (χ0n) is 20.3. The quantitative estimate of drug-likeness (QED) is 0.300. The summed E-state index contributed by atoms with van der Waals surface area (Å²) in [6, 6.07) is 20.9. The van der Waals surface area contributed by atoms with E-state index in [1.165, 1.54) is 4.90 Å². The van der Waals surface area contributed by atoms with E-state index in [1.807, 2.05) is 30.3 Å². The molecular weight excluding hydrogens is 531 g/mol. The third-order valence-corrected chi connectivity index (χ3v) is 7.50. The lowest BCUT2D eigenvalue weighted by atomic mass is 10.0. The van der Waals surface area contributed by atoms with Crippen LogP contribution in [0.3, 0.4) is 0 Å². The molecule has 1 aliphatic carbocycles. The van der Waals surface area contributed by atoms with Crippen LogP contribution in [0, 0.1) is 0 Å². The second-order valence-electron chi connectivity index (χ2n) is 9.16. The summed E-state index contributed by atoms with van der Waals surface area (Å²) in [5.74, 6) is -0.0456. The number of rotatable bonds is 10. The summed E-state index contributed by atoms with van der Waals surface area (Å²) in [7, 11) is 0. The van der Waals surface area contributed by atoms with Crippen molar-refractivity contribution in [1.29, 1.82) is 0 Å². The smallest absolute Gasteiger partial charge is 0.261 e. The van der Waals surface area contributed by atoms with Gasteiger partial charge < -0.3 is 15.0 Å². The molecule has 194 valence electrons. The van der Waals surface area contributed by atoms with Crippen LogP contribution in [0.25, 0.3) is 0 Å². The third-order valence-electron chi connectivity index (χ3n) is 6.54. The number of carbonyl (C=O) groups is 2. The Bertz CT molecular complexity index is 1180. The molecule has 4 rings (SSSR count). The van der Waals surface area contributed by atoms with Crippen LogP contribution in [0.1, 0.15) is 36.8 Å². The van der Waals surface area contributed by atoms with Crippen molar-refractivity contribution in [1.82, 2.24) is 10.2 Å². The van der Waals surface area contributed by atoms with Crippen LogP contribution in [-0.4, -0.2) is 35.4 Å². The number of hydrogen-bond donors (Lipinski definition) is 1. The molecule has 0 saturated heterocycles. The second kappa shape index (κ2) is 13.2. The van der Waals surface area contributed by atoms with E-state index >= 15 is 0 Å². The van der Waals surface area contributed by atoms with Gasteiger partial charge in [-0.1, -0.05) is 84.0 Å². The van der Waals surface area contributed by atoms with Crippen molar-refractivity contribution in [3.63, 3.8) is 0 Å². The minimum Gasteiger partial charge on any atom is -0.484 e. The minimum atomic E-state index is -0.781. The number of nitrogens with zero attached hydrogens (tertiary/aromatic N) is 1. The monoisotopic (exact) mass is 558 g/mol. The third kappa shape index (κ3) is 7.64. The SMILES string of the molecule is O=C(NC1CCCC1)[C@@H](Cc1ccccc1)N(Cc1c(Cl)cccc1Cl)C(=O)COc1ccc(Cl)cc1. The number of benzene rings is 3. The van der Waals surface area contributed by atoms with Crippen LogP contribution in [-0.2, 0) is 22.6 Å². The molecule has 0 spiro atoms. The van der Waals surface area contributed by atoms with Crippen molar-refractivity contribution in [3.8, 4) is 5.75 Å². The first-order valence-corrected chi connectivity index (χ1v) is 13.5. The Morgan fingerprint density at radius 3 is 2.19 bits per heavy atom. The molecule has 2 amide bonds. The van der Waals surface area contributed by atoms with E-state index in [-0.39, 0.29) is 31.0 Å². The van der Waals surface area contributed by atoms with Crippen LogP contribution in [0.15, 0.2) is 72.8 Å². The first-order chi connectivity index (χ1) is 17.9. The first-order valence-electron chi connectivity index (χ1n) is 12.4. The van der Waals surface area contributed by atoms with Crippen molar-refractivity contribution in [2.24, 2.45) is 0 Å². The molecule has 1 saturated carbocycles. The van der Waals surface area contributed by atoms with Gasteiger partial charge in [-0.05, 0) is 54.8 Å². The summed E-state index contributed by atoms with van der Waals surface area (Å²) in [4.78, 5) is 28.9.